The van der Waals surface area contributed by atoms with Gasteiger partial charge in [0.1, 0.15) is 0 Å². The Kier molecular flexibility index (Phi) is 5.93. The molecule has 2 N–H and O–H groups in total. The second-order valence-corrected chi connectivity index (χ2v) is 8.25. The standard InChI is InChI=1S/C24H28N4O3/c1-16-6-5-9-20(17(16)2)26-21-8-4-3-7-19(21)23(30)27-12-14-28(15-13-27)24(31)22(29)25-18-10-11-18/h3-9,18,26H,10-15H2,1-2H3,(H,25,29). The molecule has 4 rings (SSSR count). The van der Waals surface area contributed by atoms with Gasteiger partial charge >= 0.3 is 11.8 Å². The number of aryl methyl sites for hydroxylation is 1. The Morgan fingerprint density at radius 1 is 0.839 bits per heavy atom. The van der Waals surface area contributed by atoms with Crippen LogP contribution in [0.3, 0.4) is 0 Å². The fourth-order valence-electron chi connectivity index (χ4n) is 3.71. The minimum Gasteiger partial charge on any atom is -0.355 e. The van der Waals surface area contributed by atoms with Crippen molar-refractivity contribution >= 4 is 29.1 Å². The van der Waals surface area contributed by atoms with Crippen molar-refractivity contribution in [3.63, 3.8) is 0 Å². The molecule has 0 atom stereocenters. The summed E-state index contributed by atoms with van der Waals surface area (Å²) in [6, 6.07) is 13.7. The van der Waals surface area contributed by atoms with Gasteiger partial charge in [-0.2, -0.15) is 0 Å². The lowest BCUT2D eigenvalue weighted by Crippen LogP contribution is -2.54. The van der Waals surface area contributed by atoms with Crippen molar-refractivity contribution in [3.8, 4) is 0 Å². The van der Waals surface area contributed by atoms with E-state index in [4.69, 9.17) is 0 Å². The molecule has 1 saturated heterocycles. The van der Waals surface area contributed by atoms with Crippen LogP contribution >= 0.6 is 0 Å². The largest absolute Gasteiger partial charge is 0.355 e. The SMILES string of the molecule is Cc1cccc(Nc2ccccc2C(=O)N2CCN(C(=O)C(=O)NC3CC3)CC2)c1C. The van der Waals surface area contributed by atoms with E-state index in [-0.39, 0.29) is 11.9 Å². The molecule has 1 aliphatic heterocycles. The van der Waals surface area contributed by atoms with Crippen LogP contribution < -0.4 is 10.6 Å². The Morgan fingerprint density at radius 2 is 1.48 bits per heavy atom. The lowest BCUT2D eigenvalue weighted by molar-refractivity contribution is -0.146. The zero-order chi connectivity index (χ0) is 22.0. The van der Waals surface area contributed by atoms with Crippen LogP contribution in [0, 0.1) is 13.8 Å². The van der Waals surface area contributed by atoms with E-state index >= 15 is 0 Å². The topological polar surface area (TPSA) is 81.8 Å². The molecule has 31 heavy (non-hydrogen) atoms. The lowest BCUT2D eigenvalue weighted by Gasteiger charge is -2.34. The monoisotopic (exact) mass is 420 g/mol. The smallest absolute Gasteiger partial charge is 0.312 e. The fourth-order valence-corrected chi connectivity index (χ4v) is 3.71. The average molecular weight is 421 g/mol. The number of nitrogens with zero attached hydrogens (tertiary/aromatic N) is 2. The predicted molar refractivity (Wildman–Crippen MR) is 119 cm³/mol. The highest BCUT2D eigenvalue weighted by Gasteiger charge is 2.32. The Bertz CT molecular complexity index is 1010. The summed E-state index contributed by atoms with van der Waals surface area (Å²) in [7, 11) is 0. The van der Waals surface area contributed by atoms with E-state index in [1.54, 1.807) is 4.90 Å². The molecule has 2 aliphatic rings. The molecule has 0 bridgehead atoms. The van der Waals surface area contributed by atoms with Crippen molar-refractivity contribution in [3.05, 3.63) is 59.2 Å². The molecule has 7 nitrogen and oxygen atoms in total. The summed E-state index contributed by atoms with van der Waals surface area (Å²) in [5.74, 6) is -1.12. The molecule has 0 spiro atoms. The maximum absolute atomic E-state index is 13.2. The van der Waals surface area contributed by atoms with Crippen molar-refractivity contribution in [2.75, 3.05) is 31.5 Å². The van der Waals surface area contributed by atoms with Gasteiger partial charge in [0.25, 0.3) is 5.91 Å². The Labute approximate surface area is 182 Å². The second-order valence-electron chi connectivity index (χ2n) is 8.25. The van der Waals surface area contributed by atoms with Crippen molar-refractivity contribution in [2.45, 2.75) is 32.7 Å². The summed E-state index contributed by atoms with van der Waals surface area (Å²) in [6.07, 6.45) is 1.88. The minimum atomic E-state index is -0.537. The molecule has 162 valence electrons. The predicted octanol–water partition coefficient (Wildman–Crippen LogP) is 2.61. The number of rotatable bonds is 4. The number of nitrogens with one attached hydrogen (secondary N) is 2. The molecule has 1 saturated carbocycles. The first kappa shape index (κ1) is 20.9. The molecular weight excluding hydrogens is 392 g/mol. The van der Waals surface area contributed by atoms with Gasteiger partial charge in [-0.25, -0.2) is 0 Å². The first-order valence-electron chi connectivity index (χ1n) is 10.8. The highest BCUT2D eigenvalue weighted by atomic mass is 16.2. The van der Waals surface area contributed by atoms with Gasteiger partial charge in [0.05, 0.1) is 11.3 Å². The van der Waals surface area contributed by atoms with Crippen LogP contribution in [0.2, 0.25) is 0 Å². The van der Waals surface area contributed by atoms with Crippen LogP contribution in [-0.4, -0.2) is 59.7 Å². The summed E-state index contributed by atoms with van der Waals surface area (Å²) in [5, 5.41) is 6.13. The molecule has 2 aromatic carbocycles. The van der Waals surface area contributed by atoms with Crippen LogP contribution in [-0.2, 0) is 9.59 Å². The number of carbonyl (C=O) groups is 3. The van der Waals surface area contributed by atoms with Crippen LogP contribution in [0.1, 0.15) is 34.3 Å². The van der Waals surface area contributed by atoms with Crippen molar-refractivity contribution in [2.24, 2.45) is 0 Å². The van der Waals surface area contributed by atoms with Crippen LogP contribution in [0.25, 0.3) is 0 Å². The van der Waals surface area contributed by atoms with Crippen LogP contribution in [0.15, 0.2) is 42.5 Å². The van der Waals surface area contributed by atoms with E-state index in [0.717, 1.165) is 29.8 Å². The molecule has 2 fully saturated rings. The molecule has 7 heteroatoms. The van der Waals surface area contributed by atoms with Crippen molar-refractivity contribution in [1.82, 2.24) is 15.1 Å². The minimum absolute atomic E-state index is 0.0806. The summed E-state index contributed by atoms with van der Waals surface area (Å²) < 4.78 is 0. The van der Waals surface area contributed by atoms with E-state index in [2.05, 4.69) is 30.5 Å². The first-order valence-corrected chi connectivity index (χ1v) is 10.8. The maximum Gasteiger partial charge on any atom is 0.312 e. The van der Waals surface area contributed by atoms with Gasteiger partial charge < -0.3 is 20.4 Å². The number of benzene rings is 2. The summed E-state index contributed by atoms with van der Waals surface area (Å²) in [4.78, 5) is 40.8. The fraction of sp³-hybridized carbons (Fsp3) is 0.375. The Morgan fingerprint density at radius 3 is 2.19 bits per heavy atom. The van der Waals surface area contributed by atoms with E-state index in [1.165, 1.54) is 10.5 Å². The normalized spacial score (nSPS) is 16.1. The molecule has 1 heterocycles. The number of piperazine rings is 1. The van der Waals surface area contributed by atoms with Gasteiger partial charge in [0, 0.05) is 37.9 Å². The van der Waals surface area contributed by atoms with E-state index in [0.29, 0.717) is 31.7 Å². The zero-order valence-corrected chi connectivity index (χ0v) is 18.0. The molecule has 1 aliphatic carbocycles. The highest BCUT2D eigenvalue weighted by molar-refractivity contribution is 6.35. The van der Waals surface area contributed by atoms with Gasteiger partial charge in [-0.15, -0.1) is 0 Å². The molecular formula is C24H28N4O3. The van der Waals surface area contributed by atoms with E-state index in [1.807, 2.05) is 36.4 Å². The summed E-state index contributed by atoms with van der Waals surface area (Å²) >= 11 is 0. The van der Waals surface area contributed by atoms with Crippen molar-refractivity contribution < 1.29 is 14.4 Å². The zero-order valence-electron chi connectivity index (χ0n) is 18.0. The second kappa shape index (κ2) is 8.79. The number of amides is 3. The third kappa shape index (κ3) is 4.71. The summed E-state index contributed by atoms with van der Waals surface area (Å²) in [5.41, 5.74) is 4.64. The highest BCUT2D eigenvalue weighted by Crippen LogP contribution is 2.26. The van der Waals surface area contributed by atoms with Crippen molar-refractivity contribution in [1.29, 1.82) is 0 Å². The van der Waals surface area contributed by atoms with Gasteiger partial charge in [-0.1, -0.05) is 24.3 Å². The van der Waals surface area contributed by atoms with E-state index < -0.39 is 11.8 Å². The molecule has 2 aromatic rings. The first-order chi connectivity index (χ1) is 14.9. The Hall–Kier alpha value is -3.35. The van der Waals surface area contributed by atoms with E-state index in [9.17, 15) is 14.4 Å². The van der Waals surface area contributed by atoms with Gasteiger partial charge in [-0.05, 0) is 56.0 Å². The maximum atomic E-state index is 13.2. The average Bonchev–Trinajstić information content (AvgIpc) is 3.60. The molecule has 3 amide bonds. The quantitative estimate of drug-likeness (QED) is 0.745. The van der Waals surface area contributed by atoms with Gasteiger partial charge in [0.2, 0.25) is 0 Å². The third-order valence-electron chi connectivity index (χ3n) is 5.99. The number of anilines is 2. The number of para-hydroxylation sites is 1. The van der Waals surface area contributed by atoms with Crippen LogP contribution in [0.5, 0.6) is 0 Å². The lowest BCUT2D eigenvalue weighted by atomic mass is 10.1. The van der Waals surface area contributed by atoms with Gasteiger partial charge in [0.15, 0.2) is 0 Å². The Balaban J connectivity index is 1.42. The number of hydrogen-bond donors (Lipinski definition) is 2. The van der Waals surface area contributed by atoms with Crippen LogP contribution in [0.4, 0.5) is 11.4 Å². The summed E-state index contributed by atoms with van der Waals surface area (Å²) in [6.45, 7) is 5.63. The molecule has 0 radical (unpaired) electrons. The third-order valence-corrected chi connectivity index (χ3v) is 5.99. The molecule has 0 aromatic heterocycles. The number of carbonyl (C=O) groups excluding carboxylic acids is 3. The molecule has 0 unspecified atom stereocenters. The number of hydrogen-bond acceptors (Lipinski definition) is 4. The van der Waals surface area contributed by atoms with Gasteiger partial charge in [-0.3, -0.25) is 14.4 Å².